The third kappa shape index (κ3) is 3.20. The van der Waals surface area contributed by atoms with Crippen LogP contribution in [0.5, 0.6) is 0 Å². The second kappa shape index (κ2) is 5.67. The first kappa shape index (κ1) is 13.3. The summed E-state index contributed by atoms with van der Waals surface area (Å²) in [6, 6.07) is 11.0. The number of carboxylic acids is 1. The van der Waals surface area contributed by atoms with Crippen molar-refractivity contribution >= 4 is 23.1 Å². The van der Waals surface area contributed by atoms with Crippen LogP contribution in [-0.2, 0) is 4.79 Å². The molecule has 0 saturated heterocycles. The Morgan fingerprint density at radius 2 is 2.11 bits per heavy atom. The topological polar surface area (TPSA) is 50.2 Å². The molecule has 1 N–H and O–H groups in total. The molecule has 1 aromatic heterocycles. The van der Waals surface area contributed by atoms with Gasteiger partial charge < -0.3 is 5.11 Å². The maximum absolute atomic E-state index is 10.7. The van der Waals surface area contributed by atoms with Crippen molar-refractivity contribution in [3.8, 4) is 11.3 Å². The highest BCUT2D eigenvalue weighted by molar-refractivity contribution is 6.33. The summed E-state index contributed by atoms with van der Waals surface area (Å²) in [6.45, 7) is 1.75. The van der Waals surface area contributed by atoms with Crippen molar-refractivity contribution in [1.82, 2.24) is 4.98 Å². The van der Waals surface area contributed by atoms with Crippen LogP contribution in [0.15, 0.2) is 48.7 Å². The molecule has 0 fully saturated rings. The second-order valence-corrected chi connectivity index (χ2v) is 4.48. The van der Waals surface area contributed by atoms with Crippen molar-refractivity contribution in [2.75, 3.05) is 0 Å². The molecule has 0 aliphatic rings. The van der Waals surface area contributed by atoms with Crippen LogP contribution >= 0.6 is 11.6 Å². The molecule has 0 bridgehead atoms. The normalized spacial score (nSPS) is 11.4. The van der Waals surface area contributed by atoms with E-state index in [4.69, 9.17) is 16.7 Å². The van der Waals surface area contributed by atoms with Crippen molar-refractivity contribution in [3.63, 3.8) is 0 Å². The van der Waals surface area contributed by atoms with Gasteiger partial charge in [-0.1, -0.05) is 23.7 Å². The first-order valence-electron chi connectivity index (χ1n) is 5.70. The number of carboxylic acid groups (broad SMARTS) is 1. The SMILES string of the molecule is C/C(=C\C(=O)O)c1ccc(Cl)c(-c2ccccn2)c1. The van der Waals surface area contributed by atoms with Gasteiger partial charge in [0.25, 0.3) is 0 Å². The van der Waals surface area contributed by atoms with Crippen LogP contribution in [0.25, 0.3) is 16.8 Å². The Morgan fingerprint density at radius 1 is 1.32 bits per heavy atom. The molecular formula is C15H12ClNO2. The molecule has 4 heteroatoms. The Balaban J connectivity index is 2.50. The summed E-state index contributed by atoms with van der Waals surface area (Å²) in [5, 5.41) is 9.36. The maximum atomic E-state index is 10.7. The third-order valence-corrected chi connectivity index (χ3v) is 3.03. The van der Waals surface area contributed by atoms with Gasteiger partial charge in [0.05, 0.1) is 5.69 Å². The largest absolute Gasteiger partial charge is 0.478 e. The molecule has 0 amide bonds. The number of nitrogens with zero attached hydrogens (tertiary/aromatic N) is 1. The molecular weight excluding hydrogens is 262 g/mol. The second-order valence-electron chi connectivity index (χ2n) is 4.08. The van der Waals surface area contributed by atoms with Crippen LogP contribution in [0, 0.1) is 0 Å². The third-order valence-electron chi connectivity index (χ3n) is 2.70. The zero-order valence-electron chi connectivity index (χ0n) is 10.3. The molecule has 19 heavy (non-hydrogen) atoms. The van der Waals surface area contributed by atoms with Gasteiger partial charge in [-0.25, -0.2) is 4.79 Å². The minimum absolute atomic E-state index is 0.588. The van der Waals surface area contributed by atoms with Crippen molar-refractivity contribution < 1.29 is 9.90 Å². The minimum atomic E-state index is -0.966. The number of aromatic nitrogens is 1. The average Bonchev–Trinajstić information content (AvgIpc) is 2.39. The predicted octanol–water partition coefficient (Wildman–Crippen LogP) is 3.89. The number of hydrogen-bond donors (Lipinski definition) is 1. The number of halogens is 1. The van der Waals surface area contributed by atoms with Gasteiger partial charge in [0.1, 0.15) is 0 Å². The van der Waals surface area contributed by atoms with E-state index in [-0.39, 0.29) is 0 Å². The van der Waals surface area contributed by atoms with E-state index in [9.17, 15) is 4.79 Å². The number of benzene rings is 1. The van der Waals surface area contributed by atoms with Crippen molar-refractivity contribution in [1.29, 1.82) is 0 Å². The Bertz CT molecular complexity index is 636. The van der Waals surface area contributed by atoms with Crippen LogP contribution in [0.2, 0.25) is 5.02 Å². The van der Waals surface area contributed by atoms with Gasteiger partial charge in [-0.15, -0.1) is 0 Å². The van der Waals surface area contributed by atoms with Crippen molar-refractivity contribution in [2.24, 2.45) is 0 Å². The van der Waals surface area contributed by atoms with Gasteiger partial charge in [0.15, 0.2) is 0 Å². The van der Waals surface area contributed by atoms with E-state index in [0.29, 0.717) is 10.6 Å². The van der Waals surface area contributed by atoms with Crippen LogP contribution < -0.4 is 0 Å². The summed E-state index contributed by atoms with van der Waals surface area (Å²) in [5.74, 6) is -0.966. The van der Waals surface area contributed by atoms with E-state index in [0.717, 1.165) is 16.8 Å². The molecule has 0 spiro atoms. The Labute approximate surface area is 116 Å². The van der Waals surface area contributed by atoms with Gasteiger partial charge in [-0.2, -0.15) is 0 Å². The molecule has 96 valence electrons. The summed E-state index contributed by atoms with van der Waals surface area (Å²) in [5.41, 5.74) is 3.03. The lowest BCUT2D eigenvalue weighted by molar-refractivity contribution is -0.131. The summed E-state index contributed by atoms with van der Waals surface area (Å²) in [4.78, 5) is 14.9. The molecule has 3 nitrogen and oxygen atoms in total. The van der Waals surface area contributed by atoms with Crippen LogP contribution in [0.4, 0.5) is 0 Å². The van der Waals surface area contributed by atoms with E-state index in [1.165, 1.54) is 6.08 Å². The Hall–Kier alpha value is -2.13. The number of aliphatic carboxylic acids is 1. The molecule has 0 saturated carbocycles. The van der Waals surface area contributed by atoms with E-state index in [1.807, 2.05) is 24.3 Å². The fourth-order valence-electron chi connectivity index (χ4n) is 1.76. The van der Waals surface area contributed by atoms with E-state index >= 15 is 0 Å². The molecule has 0 radical (unpaired) electrons. The zero-order valence-corrected chi connectivity index (χ0v) is 11.1. The van der Waals surface area contributed by atoms with Gasteiger partial charge in [0, 0.05) is 22.9 Å². The van der Waals surface area contributed by atoms with Gasteiger partial charge >= 0.3 is 5.97 Å². The highest BCUT2D eigenvalue weighted by Gasteiger charge is 2.07. The molecule has 1 heterocycles. The summed E-state index contributed by atoms with van der Waals surface area (Å²) < 4.78 is 0. The van der Waals surface area contributed by atoms with Crippen LogP contribution in [0.1, 0.15) is 12.5 Å². The van der Waals surface area contributed by atoms with E-state index in [2.05, 4.69) is 4.98 Å². The number of pyridine rings is 1. The number of hydrogen-bond acceptors (Lipinski definition) is 2. The predicted molar refractivity (Wildman–Crippen MR) is 76.0 cm³/mol. The van der Waals surface area contributed by atoms with Gasteiger partial charge in [0.2, 0.25) is 0 Å². The van der Waals surface area contributed by atoms with Gasteiger partial charge in [-0.05, 0) is 42.3 Å². The van der Waals surface area contributed by atoms with Crippen molar-refractivity contribution in [2.45, 2.75) is 6.92 Å². The molecule has 2 aromatic rings. The lowest BCUT2D eigenvalue weighted by Gasteiger charge is -2.07. The number of rotatable bonds is 3. The van der Waals surface area contributed by atoms with Crippen LogP contribution in [0.3, 0.4) is 0 Å². The molecule has 0 unspecified atom stereocenters. The molecule has 2 rings (SSSR count). The fraction of sp³-hybridized carbons (Fsp3) is 0.0667. The summed E-state index contributed by atoms with van der Waals surface area (Å²) in [6.07, 6.45) is 2.86. The first-order chi connectivity index (χ1) is 9.08. The first-order valence-corrected chi connectivity index (χ1v) is 6.08. The molecule has 0 aliphatic carbocycles. The van der Waals surface area contributed by atoms with E-state index in [1.54, 1.807) is 25.3 Å². The highest BCUT2D eigenvalue weighted by Crippen LogP contribution is 2.29. The van der Waals surface area contributed by atoms with Crippen LogP contribution in [-0.4, -0.2) is 16.1 Å². The minimum Gasteiger partial charge on any atom is -0.478 e. The summed E-state index contributed by atoms with van der Waals surface area (Å²) >= 11 is 6.17. The maximum Gasteiger partial charge on any atom is 0.328 e. The molecule has 0 atom stereocenters. The standard InChI is InChI=1S/C15H12ClNO2/c1-10(8-15(18)19)11-5-6-13(16)12(9-11)14-4-2-3-7-17-14/h2-9H,1H3,(H,18,19)/b10-8+. The van der Waals surface area contributed by atoms with E-state index < -0.39 is 5.97 Å². The monoisotopic (exact) mass is 273 g/mol. The number of allylic oxidation sites excluding steroid dienone is 1. The lowest BCUT2D eigenvalue weighted by Crippen LogP contribution is -1.91. The lowest BCUT2D eigenvalue weighted by atomic mass is 10.0. The quantitative estimate of drug-likeness (QED) is 0.863. The molecule has 1 aromatic carbocycles. The highest BCUT2D eigenvalue weighted by atomic mass is 35.5. The zero-order chi connectivity index (χ0) is 13.8. The fourth-order valence-corrected chi connectivity index (χ4v) is 1.97. The Kier molecular flexibility index (Phi) is 3.97. The molecule has 0 aliphatic heterocycles. The smallest absolute Gasteiger partial charge is 0.328 e. The van der Waals surface area contributed by atoms with Gasteiger partial charge in [-0.3, -0.25) is 4.98 Å². The summed E-state index contributed by atoms with van der Waals surface area (Å²) in [7, 11) is 0. The average molecular weight is 274 g/mol. The van der Waals surface area contributed by atoms with Crippen molar-refractivity contribution in [3.05, 3.63) is 59.3 Å². The number of carbonyl (C=O) groups is 1. The Morgan fingerprint density at radius 3 is 2.74 bits per heavy atom.